The maximum absolute atomic E-state index is 12.6. The predicted octanol–water partition coefficient (Wildman–Crippen LogP) is 5.37. The first-order chi connectivity index (χ1) is 13.7. The summed E-state index contributed by atoms with van der Waals surface area (Å²) in [6.45, 7) is 4.85. The van der Waals surface area contributed by atoms with Gasteiger partial charge in [0.25, 0.3) is 0 Å². The van der Waals surface area contributed by atoms with Crippen molar-refractivity contribution in [3.05, 3.63) is 82.4 Å². The number of nitrogens with one attached hydrogen (secondary N) is 1. The van der Waals surface area contributed by atoms with E-state index in [1.807, 2.05) is 61.5 Å². The van der Waals surface area contributed by atoms with Gasteiger partial charge >= 0.3 is 5.63 Å². The number of ether oxygens (including phenoxy) is 1. The summed E-state index contributed by atoms with van der Waals surface area (Å²) in [5.41, 5.74) is 2.77. The average Bonchev–Trinajstić information content (AvgIpc) is 3.06. The van der Waals surface area contributed by atoms with Gasteiger partial charge in [-0.05, 0) is 37.1 Å². The van der Waals surface area contributed by atoms with Crippen LogP contribution < -0.4 is 15.7 Å². The van der Waals surface area contributed by atoms with E-state index < -0.39 is 5.63 Å². The summed E-state index contributed by atoms with van der Waals surface area (Å²) < 4.78 is 16.9. The van der Waals surface area contributed by atoms with Crippen LogP contribution >= 0.6 is 0 Å². The third kappa shape index (κ3) is 3.51. The number of benzene rings is 2. The second kappa shape index (κ2) is 7.64. The Morgan fingerprint density at radius 1 is 1.00 bits per heavy atom. The van der Waals surface area contributed by atoms with Crippen LogP contribution in [0.3, 0.4) is 0 Å². The molecular formula is C23H21NO4. The molecular weight excluding hydrogens is 354 g/mol. The van der Waals surface area contributed by atoms with E-state index in [0.29, 0.717) is 41.3 Å². The molecule has 0 radical (unpaired) electrons. The predicted molar refractivity (Wildman–Crippen MR) is 110 cm³/mol. The Bertz CT molecular complexity index is 1140. The highest BCUT2D eigenvalue weighted by atomic mass is 16.5. The maximum Gasteiger partial charge on any atom is 0.347 e. The van der Waals surface area contributed by atoms with Gasteiger partial charge < -0.3 is 18.9 Å². The van der Waals surface area contributed by atoms with Crippen LogP contribution in [0.15, 0.2) is 74.3 Å². The molecule has 28 heavy (non-hydrogen) atoms. The zero-order valence-electron chi connectivity index (χ0n) is 15.8. The molecule has 2 heterocycles. The Morgan fingerprint density at radius 2 is 1.75 bits per heavy atom. The summed E-state index contributed by atoms with van der Waals surface area (Å²) in [6.07, 6.45) is 0. The standard InChI is InChI=1S/C23H21NO4/c1-3-26-18-11-9-17(10-12-18)20-21-19(13-15(2)27-23(21)25)28-22(20)24-14-16-7-5-4-6-8-16/h4-13,24H,3,14H2,1-2H3. The molecule has 2 aromatic carbocycles. The van der Waals surface area contributed by atoms with E-state index in [-0.39, 0.29) is 0 Å². The molecule has 0 unspecified atom stereocenters. The van der Waals surface area contributed by atoms with Gasteiger partial charge in [0, 0.05) is 12.6 Å². The van der Waals surface area contributed by atoms with Crippen LogP contribution in [0.25, 0.3) is 22.1 Å². The fourth-order valence-electron chi connectivity index (χ4n) is 3.23. The molecule has 1 N–H and O–H groups in total. The van der Waals surface area contributed by atoms with Crippen molar-refractivity contribution in [2.24, 2.45) is 0 Å². The fraction of sp³-hybridized carbons (Fsp3) is 0.174. The topological polar surface area (TPSA) is 64.6 Å². The molecule has 5 nitrogen and oxygen atoms in total. The number of furan rings is 1. The van der Waals surface area contributed by atoms with Gasteiger partial charge in [-0.3, -0.25) is 0 Å². The van der Waals surface area contributed by atoms with Crippen LogP contribution in [0, 0.1) is 6.92 Å². The molecule has 0 saturated carbocycles. The Kier molecular flexibility index (Phi) is 4.89. The van der Waals surface area contributed by atoms with Crippen molar-refractivity contribution in [2.45, 2.75) is 20.4 Å². The first-order valence-corrected chi connectivity index (χ1v) is 9.24. The number of hydrogen-bond donors (Lipinski definition) is 1. The molecule has 0 aliphatic carbocycles. The minimum Gasteiger partial charge on any atom is -0.494 e. The molecule has 0 saturated heterocycles. The van der Waals surface area contributed by atoms with Crippen LogP contribution in [-0.4, -0.2) is 6.61 Å². The smallest absolute Gasteiger partial charge is 0.347 e. The Hall–Kier alpha value is -3.47. The molecule has 0 amide bonds. The van der Waals surface area contributed by atoms with Gasteiger partial charge in [-0.15, -0.1) is 0 Å². The summed E-state index contributed by atoms with van der Waals surface area (Å²) in [7, 11) is 0. The molecule has 142 valence electrons. The highest BCUT2D eigenvalue weighted by molar-refractivity contribution is 5.99. The molecule has 5 heteroatoms. The normalized spacial score (nSPS) is 10.9. The zero-order chi connectivity index (χ0) is 19.5. The fourth-order valence-corrected chi connectivity index (χ4v) is 3.23. The van der Waals surface area contributed by atoms with E-state index in [2.05, 4.69) is 5.32 Å². The van der Waals surface area contributed by atoms with E-state index in [0.717, 1.165) is 16.9 Å². The van der Waals surface area contributed by atoms with Gasteiger partial charge in [0.2, 0.25) is 5.88 Å². The van der Waals surface area contributed by atoms with Crippen molar-refractivity contribution >= 4 is 16.9 Å². The van der Waals surface area contributed by atoms with Crippen molar-refractivity contribution in [3.8, 4) is 16.9 Å². The van der Waals surface area contributed by atoms with Crippen LogP contribution in [0.1, 0.15) is 18.2 Å². The lowest BCUT2D eigenvalue weighted by Gasteiger charge is -2.08. The molecule has 0 bridgehead atoms. The van der Waals surface area contributed by atoms with E-state index in [4.69, 9.17) is 13.6 Å². The molecule has 4 rings (SSSR count). The first-order valence-electron chi connectivity index (χ1n) is 9.24. The van der Waals surface area contributed by atoms with E-state index >= 15 is 0 Å². The number of anilines is 1. The molecule has 2 aromatic heterocycles. The summed E-state index contributed by atoms with van der Waals surface area (Å²) in [4.78, 5) is 12.6. The van der Waals surface area contributed by atoms with Gasteiger partial charge in [0.15, 0.2) is 0 Å². The lowest BCUT2D eigenvalue weighted by atomic mass is 10.0. The number of rotatable bonds is 6. The van der Waals surface area contributed by atoms with Crippen LogP contribution in [0.4, 0.5) is 5.88 Å². The summed E-state index contributed by atoms with van der Waals surface area (Å²) in [6, 6.07) is 19.4. The summed E-state index contributed by atoms with van der Waals surface area (Å²) >= 11 is 0. The molecule has 0 atom stereocenters. The minimum atomic E-state index is -0.407. The van der Waals surface area contributed by atoms with E-state index in [1.165, 1.54) is 0 Å². The van der Waals surface area contributed by atoms with Crippen molar-refractivity contribution < 1.29 is 13.6 Å². The monoisotopic (exact) mass is 375 g/mol. The quantitative estimate of drug-likeness (QED) is 0.491. The van der Waals surface area contributed by atoms with Gasteiger partial charge in [0.1, 0.15) is 22.5 Å². The number of hydrogen-bond acceptors (Lipinski definition) is 5. The van der Waals surface area contributed by atoms with Gasteiger partial charge in [-0.1, -0.05) is 42.5 Å². The highest BCUT2D eigenvalue weighted by Gasteiger charge is 2.20. The molecule has 4 aromatic rings. The Labute approximate surface area is 162 Å². The largest absolute Gasteiger partial charge is 0.494 e. The minimum absolute atomic E-state index is 0.407. The molecule has 0 aliphatic heterocycles. The van der Waals surface area contributed by atoms with E-state index in [9.17, 15) is 4.79 Å². The lowest BCUT2D eigenvalue weighted by Crippen LogP contribution is -2.02. The first kappa shape index (κ1) is 17.9. The van der Waals surface area contributed by atoms with Crippen molar-refractivity contribution in [3.63, 3.8) is 0 Å². The van der Waals surface area contributed by atoms with Crippen molar-refractivity contribution in [2.75, 3.05) is 11.9 Å². The van der Waals surface area contributed by atoms with Crippen molar-refractivity contribution in [1.82, 2.24) is 0 Å². The second-order valence-electron chi connectivity index (χ2n) is 6.49. The van der Waals surface area contributed by atoms with Gasteiger partial charge in [0.05, 0.1) is 12.2 Å². The zero-order valence-corrected chi connectivity index (χ0v) is 15.8. The third-order valence-electron chi connectivity index (χ3n) is 4.48. The van der Waals surface area contributed by atoms with Crippen LogP contribution in [0.2, 0.25) is 0 Å². The van der Waals surface area contributed by atoms with Crippen molar-refractivity contribution in [1.29, 1.82) is 0 Å². The summed E-state index contributed by atoms with van der Waals surface area (Å²) in [5, 5.41) is 3.76. The Balaban J connectivity index is 1.80. The van der Waals surface area contributed by atoms with Crippen LogP contribution in [0.5, 0.6) is 5.75 Å². The number of aryl methyl sites for hydroxylation is 1. The molecule has 0 fully saturated rings. The van der Waals surface area contributed by atoms with Crippen LogP contribution in [-0.2, 0) is 6.54 Å². The Morgan fingerprint density at radius 3 is 2.46 bits per heavy atom. The van der Waals surface area contributed by atoms with E-state index in [1.54, 1.807) is 13.0 Å². The number of fused-ring (bicyclic) bond motifs is 1. The molecule has 0 spiro atoms. The lowest BCUT2D eigenvalue weighted by molar-refractivity contribution is 0.340. The average molecular weight is 375 g/mol. The highest BCUT2D eigenvalue weighted by Crippen LogP contribution is 2.38. The molecule has 0 aliphatic rings. The summed E-state index contributed by atoms with van der Waals surface area (Å²) in [5.74, 6) is 1.83. The maximum atomic E-state index is 12.6. The second-order valence-corrected chi connectivity index (χ2v) is 6.49. The SMILES string of the molecule is CCOc1ccc(-c2c(NCc3ccccc3)oc3cc(C)oc(=O)c23)cc1. The third-order valence-corrected chi connectivity index (χ3v) is 4.48. The van der Waals surface area contributed by atoms with Gasteiger partial charge in [-0.25, -0.2) is 4.79 Å². The van der Waals surface area contributed by atoms with Gasteiger partial charge in [-0.2, -0.15) is 0 Å².